The Morgan fingerprint density at radius 3 is 2.60 bits per heavy atom. The quantitative estimate of drug-likeness (QED) is 0.676. The van der Waals surface area contributed by atoms with Gasteiger partial charge in [-0.3, -0.25) is 10.1 Å². The number of nitrogens with two attached hydrogens (primary N) is 1. The minimum atomic E-state index is -0.372. The third-order valence-corrected chi connectivity index (χ3v) is 3.05. The summed E-state index contributed by atoms with van der Waals surface area (Å²) < 4.78 is 0. The van der Waals surface area contributed by atoms with E-state index in [1.807, 2.05) is 13.8 Å². The van der Waals surface area contributed by atoms with E-state index in [0.29, 0.717) is 6.42 Å². The first-order chi connectivity index (χ1) is 6.49. The Labute approximate surface area is 97.8 Å². The zero-order valence-electron chi connectivity index (χ0n) is 9.67. The van der Waals surface area contributed by atoms with Crippen LogP contribution in [0, 0.1) is 0 Å². The molecule has 1 saturated heterocycles. The highest BCUT2D eigenvalue weighted by Gasteiger charge is 2.34. The lowest BCUT2D eigenvalue weighted by molar-refractivity contribution is -0.125. The SMILES string of the molecule is CCC1CC(=O)NC(C(C)(N)CC)N1.Cl. The van der Waals surface area contributed by atoms with Crippen LogP contribution in [0.5, 0.6) is 0 Å². The summed E-state index contributed by atoms with van der Waals surface area (Å²) in [6.45, 7) is 6.07. The monoisotopic (exact) mass is 235 g/mol. The minimum Gasteiger partial charge on any atom is -0.339 e. The molecule has 1 heterocycles. The van der Waals surface area contributed by atoms with Gasteiger partial charge in [0.15, 0.2) is 0 Å². The average molecular weight is 236 g/mol. The summed E-state index contributed by atoms with van der Waals surface area (Å²) in [6, 6.07) is 0.267. The zero-order chi connectivity index (χ0) is 10.8. The van der Waals surface area contributed by atoms with E-state index in [0.717, 1.165) is 12.8 Å². The molecule has 1 aliphatic heterocycles. The van der Waals surface area contributed by atoms with E-state index in [2.05, 4.69) is 17.6 Å². The van der Waals surface area contributed by atoms with Crippen LogP contribution in [0.2, 0.25) is 0 Å². The number of hydrogen-bond donors (Lipinski definition) is 3. The van der Waals surface area contributed by atoms with Crippen molar-refractivity contribution in [1.29, 1.82) is 0 Å². The predicted octanol–water partition coefficient (Wildman–Crippen LogP) is 0.750. The summed E-state index contributed by atoms with van der Waals surface area (Å²) in [4.78, 5) is 11.4. The lowest BCUT2D eigenvalue weighted by Crippen LogP contribution is -2.68. The van der Waals surface area contributed by atoms with Crippen molar-refractivity contribution in [2.75, 3.05) is 0 Å². The van der Waals surface area contributed by atoms with Gasteiger partial charge in [0, 0.05) is 18.0 Å². The molecule has 0 aromatic carbocycles. The van der Waals surface area contributed by atoms with Crippen molar-refractivity contribution in [3.63, 3.8) is 0 Å². The van der Waals surface area contributed by atoms with Crippen LogP contribution in [-0.4, -0.2) is 23.7 Å². The number of rotatable bonds is 3. The molecule has 0 bridgehead atoms. The summed E-state index contributed by atoms with van der Waals surface area (Å²) in [5.41, 5.74) is 5.72. The minimum absolute atomic E-state index is 0. The first kappa shape index (κ1) is 14.7. The van der Waals surface area contributed by atoms with Gasteiger partial charge in [-0.25, -0.2) is 0 Å². The molecule has 0 spiro atoms. The second kappa shape index (κ2) is 5.68. The molecule has 0 aromatic heterocycles. The van der Waals surface area contributed by atoms with Gasteiger partial charge in [-0.15, -0.1) is 12.4 Å². The van der Waals surface area contributed by atoms with Crippen molar-refractivity contribution in [2.24, 2.45) is 5.73 Å². The molecule has 1 fully saturated rings. The maximum absolute atomic E-state index is 11.4. The Balaban J connectivity index is 0.00000196. The van der Waals surface area contributed by atoms with E-state index in [4.69, 9.17) is 5.73 Å². The molecular formula is C10H22ClN3O. The highest BCUT2D eigenvalue weighted by molar-refractivity contribution is 5.85. The lowest BCUT2D eigenvalue weighted by atomic mass is 9.93. The fourth-order valence-electron chi connectivity index (χ4n) is 1.60. The third kappa shape index (κ3) is 3.63. The molecular weight excluding hydrogens is 214 g/mol. The first-order valence-corrected chi connectivity index (χ1v) is 5.34. The molecule has 1 amide bonds. The van der Waals surface area contributed by atoms with Crippen LogP contribution in [0.4, 0.5) is 0 Å². The van der Waals surface area contributed by atoms with Gasteiger partial charge in [-0.2, -0.15) is 0 Å². The molecule has 3 atom stereocenters. The summed E-state index contributed by atoms with van der Waals surface area (Å²) >= 11 is 0. The number of halogens is 1. The van der Waals surface area contributed by atoms with E-state index in [-0.39, 0.29) is 36.1 Å². The number of hydrogen-bond acceptors (Lipinski definition) is 3. The van der Waals surface area contributed by atoms with Crippen molar-refractivity contribution in [1.82, 2.24) is 10.6 Å². The van der Waals surface area contributed by atoms with E-state index in [9.17, 15) is 4.79 Å². The van der Waals surface area contributed by atoms with E-state index in [1.54, 1.807) is 0 Å². The topological polar surface area (TPSA) is 67.2 Å². The second-order valence-electron chi connectivity index (χ2n) is 4.34. The highest BCUT2D eigenvalue weighted by Crippen LogP contribution is 2.14. The Morgan fingerprint density at radius 2 is 2.13 bits per heavy atom. The Hall–Kier alpha value is -0.320. The van der Waals surface area contributed by atoms with Gasteiger partial charge >= 0.3 is 0 Å². The molecule has 0 aliphatic carbocycles. The third-order valence-electron chi connectivity index (χ3n) is 3.05. The molecule has 3 unspecified atom stereocenters. The summed E-state index contributed by atoms with van der Waals surface area (Å²) in [7, 11) is 0. The van der Waals surface area contributed by atoms with E-state index in [1.165, 1.54) is 0 Å². The van der Waals surface area contributed by atoms with Gasteiger partial charge in [0.25, 0.3) is 0 Å². The van der Waals surface area contributed by atoms with E-state index >= 15 is 0 Å². The normalized spacial score (nSPS) is 30.0. The largest absolute Gasteiger partial charge is 0.339 e. The number of amides is 1. The molecule has 90 valence electrons. The van der Waals surface area contributed by atoms with Crippen molar-refractivity contribution >= 4 is 18.3 Å². The van der Waals surface area contributed by atoms with Crippen molar-refractivity contribution in [3.8, 4) is 0 Å². The Kier molecular flexibility index (Phi) is 5.56. The molecule has 15 heavy (non-hydrogen) atoms. The van der Waals surface area contributed by atoms with Gasteiger partial charge < -0.3 is 11.1 Å². The Bertz CT molecular complexity index is 221. The average Bonchev–Trinajstić information content (AvgIpc) is 2.16. The number of carbonyl (C=O) groups excluding carboxylic acids is 1. The molecule has 1 aliphatic rings. The molecule has 5 heteroatoms. The highest BCUT2D eigenvalue weighted by atomic mass is 35.5. The van der Waals surface area contributed by atoms with Crippen molar-refractivity contribution in [2.45, 2.75) is 57.8 Å². The van der Waals surface area contributed by atoms with Crippen molar-refractivity contribution in [3.05, 3.63) is 0 Å². The van der Waals surface area contributed by atoms with Crippen LogP contribution in [-0.2, 0) is 4.79 Å². The van der Waals surface area contributed by atoms with Crippen LogP contribution in [0.1, 0.15) is 40.0 Å². The molecule has 0 saturated carbocycles. The summed E-state index contributed by atoms with van der Waals surface area (Å²) in [6.07, 6.45) is 2.26. The van der Waals surface area contributed by atoms with Gasteiger partial charge in [0.05, 0.1) is 6.17 Å². The summed E-state index contributed by atoms with van der Waals surface area (Å²) in [5.74, 6) is 0.103. The second-order valence-corrected chi connectivity index (χ2v) is 4.34. The van der Waals surface area contributed by atoms with E-state index < -0.39 is 0 Å². The molecule has 0 aromatic rings. The molecule has 4 nitrogen and oxygen atoms in total. The molecule has 4 N–H and O–H groups in total. The maximum Gasteiger partial charge on any atom is 0.222 e. The fourth-order valence-corrected chi connectivity index (χ4v) is 1.60. The first-order valence-electron chi connectivity index (χ1n) is 5.34. The van der Waals surface area contributed by atoms with Gasteiger partial charge in [0.2, 0.25) is 5.91 Å². The van der Waals surface area contributed by atoms with Gasteiger partial charge in [-0.05, 0) is 19.8 Å². The summed E-state index contributed by atoms with van der Waals surface area (Å²) in [5, 5.41) is 6.26. The van der Waals surface area contributed by atoms with Crippen LogP contribution in [0.3, 0.4) is 0 Å². The smallest absolute Gasteiger partial charge is 0.222 e. The fraction of sp³-hybridized carbons (Fsp3) is 0.900. The van der Waals surface area contributed by atoms with Crippen molar-refractivity contribution < 1.29 is 4.79 Å². The van der Waals surface area contributed by atoms with Gasteiger partial charge in [-0.1, -0.05) is 13.8 Å². The molecule has 1 rings (SSSR count). The van der Waals surface area contributed by atoms with Crippen LogP contribution in [0.15, 0.2) is 0 Å². The van der Waals surface area contributed by atoms with Crippen LogP contribution >= 0.6 is 12.4 Å². The predicted molar refractivity (Wildman–Crippen MR) is 63.9 cm³/mol. The number of carbonyl (C=O) groups is 1. The maximum atomic E-state index is 11.4. The van der Waals surface area contributed by atoms with Crippen LogP contribution in [0.25, 0.3) is 0 Å². The Morgan fingerprint density at radius 1 is 1.53 bits per heavy atom. The standard InChI is InChI=1S/C10H21N3O.ClH/c1-4-7-6-8(14)13-9(12-7)10(3,11)5-2;/h7,9,12H,4-6,11H2,1-3H3,(H,13,14);1H. The zero-order valence-corrected chi connectivity index (χ0v) is 10.5. The molecule has 0 radical (unpaired) electrons. The number of nitrogens with one attached hydrogen (secondary N) is 2. The van der Waals surface area contributed by atoms with Gasteiger partial charge in [0.1, 0.15) is 0 Å². The van der Waals surface area contributed by atoms with Crippen LogP contribution < -0.4 is 16.4 Å². The lowest BCUT2D eigenvalue weighted by Gasteiger charge is -2.40.